The number of aliphatic hydroxyl groups is 4. The number of unbranched alkanes of at least 4 members (excludes halogenated alkanes) is 4. The Morgan fingerprint density at radius 2 is 0.824 bits per heavy atom. The number of aliphatic hydroxyl groups excluding tert-OH is 4. The van der Waals surface area contributed by atoms with Gasteiger partial charge in [0.2, 0.25) is 11.8 Å². The van der Waals surface area contributed by atoms with Crippen LogP contribution in [0.2, 0.25) is 0 Å². The molecule has 2 fully saturated rings. The number of amides is 4. The fourth-order valence-electron chi connectivity index (χ4n) is 13.9. The first-order valence-electron chi connectivity index (χ1n) is 39.7. The van der Waals surface area contributed by atoms with Gasteiger partial charge in [-0.3, -0.25) is 66.5 Å². The number of carbonyl (C=O) groups excluding carboxylic acids is 4. The van der Waals surface area contributed by atoms with Gasteiger partial charge in [0.15, 0.2) is 23.3 Å². The maximum atomic E-state index is 13.3. The Morgan fingerprint density at radius 3 is 1.24 bits per heavy atom. The fraction of sp³-hybridized carbons (Fsp3) is 0.282. The second-order valence-electron chi connectivity index (χ2n) is 29.7. The van der Waals surface area contributed by atoms with Gasteiger partial charge < -0.3 is 120 Å². The molecular formula is C78H82N8O44P6. The van der Waals surface area contributed by atoms with Gasteiger partial charge in [-0.2, -0.15) is 17.2 Å². The topological polar surface area (TPSA) is 821 Å². The zero-order valence-electron chi connectivity index (χ0n) is 69.5. The smallest absolute Gasteiger partial charge is 0.490 e. The molecule has 2 aliphatic carbocycles. The number of aromatic nitrogens is 4. The molecule has 4 amide bonds. The third kappa shape index (κ3) is 27.7. The number of nitrogens with zero attached hydrogens (tertiary/aromatic N) is 2. The number of phosphoric ester groups is 2. The minimum atomic E-state index is -5.86. The van der Waals surface area contributed by atoms with Crippen LogP contribution in [-0.2, 0) is 72.7 Å². The zero-order valence-corrected chi connectivity index (χ0v) is 74.9. The maximum absolute atomic E-state index is 13.3. The molecule has 22 N–H and O–H groups in total. The molecule has 0 radical (unpaired) electrons. The Bertz CT molecular complexity index is 6960. The van der Waals surface area contributed by atoms with Crippen molar-refractivity contribution in [2.24, 2.45) is 0 Å². The summed E-state index contributed by atoms with van der Waals surface area (Å²) in [6.45, 7) is -2.05. The molecule has 0 bridgehead atoms. The number of ether oxygens (including phenoxy) is 2. The van der Waals surface area contributed by atoms with Crippen LogP contribution in [0.1, 0.15) is 116 Å². The molecular weight excluding hydrogens is 1940 g/mol. The third-order valence-electron chi connectivity index (χ3n) is 19.9. The number of phosphoric acid groups is 6. The highest BCUT2D eigenvalue weighted by Gasteiger charge is 2.49. The van der Waals surface area contributed by atoms with E-state index in [0.29, 0.717) is 80.7 Å². The minimum absolute atomic E-state index is 0.0682. The van der Waals surface area contributed by atoms with Gasteiger partial charge in [-0.1, -0.05) is 43.2 Å². The van der Waals surface area contributed by atoms with Crippen LogP contribution < -0.4 is 54.6 Å². The van der Waals surface area contributed by atoms with Gasteiger partial charge >= 0.3 is 70.3 Å². The van der Waals surface area contributed by atoms with Crippen LogP contribution in [0, 0.1) is 0 Å². The van der Waals surface area contributed by atoms with E-state index in [-0.39, 0.29) is 140 Å². The number of aromatic carboxylic acids is 2. The monoisotopic (exact) mass is 2020 g/mol. The summed E-state index contributed by atoms with van der Waals surface area (Å²) >= 11 is 0. The van der Waals surface area contributed by atoms with Gasteiger partial charge in [0.25, 0.3) is 22.9 Å². The molecule has 2 saturated heterocycles. The van der Waals surface area contributed by atoms with E-state index in [9.17, 15) is 145 Å². The molecule has 6 aromatic rings. The predicted molar refractivity (Wildman–Crippen MR) is 466 cm³/mol. The second kappa shape index (κ2) is 44.1. The molecule has 4 aromatic carbocycles. The number of carboxylic acids is 2. The van der Waals surface area contributed by atoms with Crippen molar-refractivity contribution in [3.8, 4) is 56.4 Å². The number of nitrogens with one attached hydrogen (secondary N) is 6. The molecule has 136 heavy (non-hydrogen) atoms. The molecule has 4 unspecified atom stereocenters. The Balaban J connectivity index is 0.000000261. The maximum Gasteiger partial charge on any atom is 0.490 e. The van der Waals surface area contributed by atoms with Gasteiger partial charge in [0.05, 0.1) is 35.5 Å². The van der Waals surface area contributed by atoms with E-state index in [1.165, 1.54) is 127 Å². The summed E-state index contributed by atoms with van der Waals surface area (Å²) < 4.78 is 116. The molecule has 6 aliphatic rings. The van der Waals surface area contributed by atoms with Gasteiger partial charge in [-0.15, -0.1) is 0 Å². The van der Waals surface area contributed by atoms with E-state index in [1.54, 1.807) is 6.07 Å². The molecule has 58 heteroatoms. The molecule has 6 heterocycles. The minimum Gasteiger partial charge on any atom is -0.508 e. The van der Waals surface area contributed by atoms with E-state index >= 15 is 0 Å². The quantitative estimate of drug-likeness (QED) is 0.0147. The number of aromatic amines is 2. The molecule has 12 rings (SSSR count). The lowest BCUT2D eigenvalue weighted by Crippen LogP contribution is -2.38. The SMILES string of the molecule is O=C(CCCCCNC(=O)c1ccc(-c2c3ccc(=O)cc-3oc3cc(O)ccc23)c(C(=O)O)c1)NC/C=C/c1cn([C@@H]2O[C@H](COP(=O)(O)OP(=O)(O)OP(=O)(O)O)[C@@H](O)[C@H]2O)c(=O)[nH]c1=O.O=C(CCCCCNC(=O)c1ccc(C(=O)O)c(-c2c3ccc(=O)cc-3oc3cc(O)ccc23)c1)NC/C=C/c1cn([C@@H]2O[C@H](COP(=O)(O)OP(=O)(O)OP(=O)(O)O)[C@@H](O)[C@H]2O)c(=O)[nH]c1=O. The number of H-pyrrole nitrogens is 2. The van der Waals surface area contributed by atoms with E-state index in [0.717, 1.165) is 12.4 Å². The lowest BCUT2D eigenvalue weighted by molar-refractivity contribution is -0.121. The van der Waals surface area contributed by atoms with Crippen molar-refractivity contribution < 1.29 is 181 Å². The standard InChI is InChI=1S/2C39H41N4O22P3/c44-22-8-11-25-28(16-22)62-29-17-23(45)9-12-26(29)32(25)27-15-20(7-10-24(27)38(51)52)35(49)41-13-3-1-2-6-31(46)40-14-4-5-21-18-43(39(53)42-36(21)50)37-34(48)33(47)30(63-37)19-61-67(57,58)65-68(59,60)64-66(54,55)56;44-22-8-11-25-28(16-22)62-29-17-23(45)9-12-26(29)32(25)24-10-7-20(15-27(24)38(51)52)35(49)41-13-3-1-2-6-31(46)40-14-4-5-21-18-43(39(53)42-36(21)50)37-34(48)33(47)30(63-37)19-61-67(57,58)65-68(59,60)64-66(54,55)56/h2*4-5,7-12,15-18,30,33-34,37,44,47-48H,1-3,6,13-14,19H2,(H,40,46)(H,41,49)(H,51,52)(H,57,58)(H,59,60)(H,42,50,53)(H2,54,55,56)/b2*5-4+/t2*30-,33-,34-,37-/m11/s1. The predicted octanol–water partition coefficient (Wildman–Crippen LogP) is 3.80. The molecule has 2 aromatic heterocycles. The number of carboxylic acid groups (broad SMARTS) is 2. The summed E-state index contributed by atoms with van der Waals surface area (Å²) in [4.78, 5) is 227. The van der Waals surface area contributed by atoms with Crippen LogP contribution in [0.25, 0.3) is 79.0 Å². The van der Waals surface area contributed by atoms with E-state index in [4.69, 9.17) is 37.9 Å². The summed E-state index contributed by atoms with van der Waals surface area (Å²) in [5, 5.41) is 94.0. The summed E-state index contributed by atoms with van der Waals surface area (Å²) in [6, 6.07) is 24.9. The van der Waals surface area contributed by atoms with Crippen LogP contribution >= 0.6 is 46.9 Å². The zero-order chi connectivity index (χ0) is 99.4. The van der Waals surface area contributed by atoms with Crippen molar-refractivity contribution in [1.82, 2.24) is 40.4 Å². The highest BCUT2D eigenvalue weighted by Crippen LogP contribution is 2.68. The molecule has 728 valence electrons. The Labute approximate surface area is 759 Å². The number of rotatable bonds is 40. The van der Waals surface area contributed by atoms with Crippen molar-refractivity contribution >= 4 is 117 Å². The summed E-state index contributed by atoms with van der Waals surface area (Å²) in [5.74, 6) is -4.28. The second-order valence-corrected chi connectivity index (χ2v) is 38.5. The van der Waals surface area contributed by atoms with Crippen LogP contribution in [0.5, 0.6) is 11.5 Å². The summed E-state index contributed by atoms with van der Waals surface area (Å²) in [6.07, 6.45) is -4.63. The van der Waals surface area contributed by atoms with Crippen LogP contribution in [0.15, 0.2) is 171 Å². The number of benzene rings is 6. The van der Waals surface area contributed by atoms with Crippen molar-refractivity contribution in [3.63, 3.8) is 0 Å². The molecule has 0 saturated carbocycles. The fourth-order valence-corrected chi connectivity index (χ4v) is 19.9. The number of fused-ring (bicyclic) bond motifs is 4. The Hall–Kier alpha value is -11.9. The Kier molecular flexibility index (Phi) is 33.9. The average Bonchev–Trinajstić information content (AvgIpc) is 1.09. The van der Waals surface area contributed by atoms with Crippen molar-refractivity contribution in [3.05, 3.63) is 229 Å². The summed E-state index contributed by atoms with van der Waals surface area (Å²) in [5.41, 5.74) is -2.78. The lowest BCUT2D eigenvalue weighted by atomic mass is 9.89. The number of carbonyl (C=O) groups is 6. The van der Waals surface area contributed by atoms with Crippen molar-refractivity contribution in [1.29, 1.82) is 0 Å². The van der Waals surface area contributed by atoms with Gasteiger partial charge in [0.1, 0.15) is 70.8 Å². The molecule has 4 aliphatic heterocycles. The average molecular weight is 2020 g/mol. The Morgan fingerprint density at radius 1 is 0.426 bits per heavy atom. The highest BCUT2D eigenvalue weighted by atomic mass is 31.3. The van der Waals surface area contributed by atoms with E-state index < -0.39 is 155 Å². The largest absolute Gasteiger partial charge is 0.508 e. The first-order chi connectivity index (χ1) is 63.8. The van der Waals surface area contributed by atoms with Crippen LogP contribution in [0.4, 0.5) is 0 Å². The number of hydrogen-bond acceptors (Lipinski definition) is 34. The molecule has 52 nitrogen and oxygen atoms in total. The van der Waals surface area contributed by atoms with Crippen LogP contribution in [-0.4, -0.2) is 211 Å². The number of aromatic hydroxyl groups is 2. The molecule has 0 spiro atoms. The number of hydrogen-bond donors (Lipinski definition) is 22. The first-order valence-corrected chi connectivity index (χ1v) is 48.8. The van der Waals surface area contributed by atoms with Crippen LogP contribution in [0.3, 0.4) is 0 Å². The van der Waals surface area contributed by atoms with Gasteiger partial charge in [-0.25, -0.2) is 46.6 Å². The van der Waals surface area contributed by atoms with Crippen molar-refractivity contribution in [2.45, 2.75) is 100 Å². The lowest BCUT2D eigenvalue weighted by Gasteiger charge is -2.19. The number of phenols is 2. The van der Waals surface area contributed by atoms with Gasteiger partial charge in [-0.05, 0) is 116 Å². The normalized spacial score (nSPS) is 19.2. The number of phenolic OH excluding ortho intramolecular Hbond substituents is 2. The highest BCUT2D eigenvalue weighted by molar-refractivity contribution is 7.67. The first kappa shape index (κ1) is 105. The van der Waals surface area contributed by atoms with E-state index in [1.807, 2.05) is 9.97 Å². The van der Waals surface area contributed by atoms with E-state index in [2.05, 4.69) is 47.6 Å². The van der Waals surface area contributed by atoms with Crippen molar-refractivity contribution in [2.75, 3.05) is 39.4 Å². The van der Waals surface area contributed by atoms with Gasteiger partial charge in [0, 0.05) is 120 Å². The molecule has 12 atom stereocenters. The summed E-state index contributed by atoms with van der Waals surface area (Å²) in [7, 11) is -34.3. The third-order valence-corrected chi connectivity index (χ3v) is 27.5.